The van der Waals surface area contributed by atoms with Crippen molar-refractivity contribution in [3.05, 3.63) is 47.3 Å². The summed E-state index contributed by atoms with van der Waals surface area (Å²) in [5.41, 5.74) is 6.28. The highest BCUT2D eigenvalue weighted by Crippen LogP contribution is 2.29. The van der Waals surface area contributed by atoms with E-state index in [0.717, 1.165) is 30.6 Å². The van der Waals surface area contributed by atoms with Crippen LogP contribution in [0.5, 0.6) is 0 Å². The van der Waals surface area contributed by atoms with Gasteiger partial charge in [0.1, 0.15) is 0 Å². The quantitative estimate of drug-likeness (QED) is 0.652. The number of carbonyl (C=O) groups excluding carboxylic acids is 1. The van der Waals surface area contributed by atoms with Crippen LogP contribution >= 0.6 is 11.6 Å². The second-order valence-corrected chi connectivity index (χ2v) is 6.32. The van der Waals surface area contributed by atoms with E-state index >= 15 is 0 Å². The largest absolute Gasteiger partial charge is 0.382 e. The summed E-state index contributed by atoms with van der Waals surface area (Å²) in [6, 6.07) is 1.27. The first-order chi connectivity index (χ1) is 12.5. The van der Waals surface area contributed by atoms with Crippen LogP contribution in [0.1, 0.15) is 24.6 Å². The third-order valence-corrected chi connectivity index (χ3v) is 4.67. The van der Waals surface area contributed by atoms with Crippen molar-refractivity contribution in [1.29, 1.82) is 0 Å². The van der Waals surface area contributed by atoms with E-state index in [2.05, 4.69) is 16.7 Å². The standard InChI is InChI=1S/C18H19ClFN5O/c1-3-7-11(13(19)4-2)18(26)25-16-12(15(21)23-25)10-14(20)17(22-16)24-8-5-6-9-24/h3-4,7,10H,1,5-6,8-9H2,2H3,(H2,21,23)/b11-7+,13-4+. The molecule has 1 aliphatic heterocycles. The Balaban J connectivity index is 2.16. The topological polar surface area (TPSA) is 77.0 Å². The van der Waals surface area contributed by atoms with E-state index in [1.807, 2.05) is 4.90 Å². The lowest BCUT2D eigenvalue weighted by atomic mass is 10.2. The predicted molar refractivity (Wildman–Crippen MR) is 102 cm³/mol. The van der Waals surface area contributed by atoms with E-state index in [9.17, 15) is 9.18 Å². The fourth-order valence-electron chi connectivity index (χ4n) is 2.96. The van der Waals surface area contributed by atoms with Crippen molar-refractivity contribution in [3.8, 4) is 0 Å². The molecule has 3 rings (SSSR count). The van der Waals surface area contributed by atoms with Crippen molar-refractivity contribution in [2.45, 2.75) is 19.8 Å². The summed E-state index contributed by atoms with van der Waals surface area (Å²) in [4.78, 5) is 19.2. The maximum absolute atomic E-state index is 14.5. The van der Waals surface area contributed by atoms with Gasteiger partial charge in [-0.1, -0.05) is 30.3 Å². The maximum Gasteiger partial charge on any atom is 0.281 e. The van der Waals surface area contributed by atoms with Crippen LogP contribution in [0, 0.1) is 5.82 Å². The number of halogens is 2. The highest BCUT2D eigenvalue weighted by molar-refractivity contribution is 6.35. The van der Waals surface area contributed by atoms with Gasteiger partial charge in [-0.05, 0) is 31.9 Å². The smallest absolute Gasteiger partial charge is 0.281 e. The van der Waals surface area contributed by atoms with Crippen LogP contribution in [-0.2, 0) is 0 Å². The molecule has 0 amide bonds. The molecular weight excluding hydrogens is 357 g/mol. The molecule has 2 aromatic rings. The third-order valence-electron chi connectivity index (χ3n) is 4.25. The van der Waals surface area contributed by atoms with Crippen molar-refractivity contribution in [1.82, 2.24) is 14.8 Å². The monoisotopic (exact) mass is 375 g/mol. The first kappa shape index (κ1) is 18.1. The summed E-state index contributed by atoms with van der Waals surface area (Å²) in [6.07, 6.45) is 6.48. The number of nitrogen functional groups attached to an aromatic ring is 1. The summed E-state index contributed by atoms with van der Waals surface area (Å²) < 4.78 is 15.5. The van der Waals surface area contributed by atoms with E-state index in [-0.39, 0.29) is 33.3 Å². The molecule has 8 heteroatoms. The summed E-state index contributed by atoms with van der Waals surface area (Å²) in [5.74, 6) is -0.759. The predicted octanol–water partition coefficient (Wildman–Crippen LogP) is 3.65. The second kappa shape index (κ2) is 7.29. The van der Waals surface area contributed by atoms with Gasteiger partial charge >= 0.3 is 0 Å². The molecule has 3 heterocycles. The highest BCUT2D eigenvalue weighted by atomic mass is 35.5. The number of nitrogens with zero attached hydrogens (tertiary/aromatic N) is 4. The molecule has 1 aliphatic rings. The number of rotatable bonds is 4. The minimum absolute atomic E-state index is 0.0299. The van der Waals surface area contributed by atoms with Gasteiger partial charge < -0.3 is 10.6 Å². The number of hydrogen-bond acceptors (Lipinski definition) is 5. The van der Waals surface area contributed by atoms with Gasteiger partial charge in [0.05, 0.1) is 11.0 Å². The number of hydrogen-bond donors (Lipinski definition) is 1. The Hall–Kier alpha value is -2.67. The van der Waals surface area contributed by atoms with Gasteiger partial charge in [0.2, 0.25) is 0 Å². The second-order valence-electron chi connectivity index (χ2n) is 5.91. The zero-order chi connectivity index (χ0) is 18.8. The molecule has 136 valence electrons. The number of allylic oxidation sites excluding steroid dienone is 5. The van der Waals surface area contributed by atoms with Gasteiger partial charge in [-0.2, -0.15) is 4.68 Å². The van der Waals surface area contributed by atoms with Gasteiger partial charge in [-0.25, -0.2) is 9.37 Å². The molecule has 0 aliphatic carbocycles. The maximum atomic E-state index is 14.5. The van der Waals surface area contributed by atoms with E-state index in [0.29, 0.717) is 0 Å². The lowest BCUT2D eigenvalue weighted by Crippen LogP contribution is -2.21. The molecule has 0 atom stereocenters. The Morgan fingerprint density at radius 1 is 1.42 bits per heavy atom. The van der Waals surface area contributed by atoms with Crippen LogP contribution < -0.4 is 10.6 Å². The highest BCUT2D eigenvalue weighted by Gasteiger charge is 2.24. The van der Waals surface area contributed by atoms with Crippen LogP contribution in [0.2, 0.25) is 0 Å². The van der Waals surface area contributed by atoms with Crippen LogP contribution in [0.25, 0.3) is 11.0 Å². The number of carbonyl (C=O) groups is 1. The number of anilines is 2. The minimum Gasteiger partial charge on any atom is -0.382 e. The first-order valence-corrected chi connectivity index (χ1v) is 8.65. The molecule has 0 unspecified atom stereocenters. The lowest BCUT2D eigenvalue weighted by Gasteiger charge is -2.17. The van der Waals surface area contributed by atoms with Crippen LogP contribution in [0.3, 0.4) is 0 Å². The third kappa shape index (κ3) is 3.10. The van der Waals surface area contributed by atoms with Crippen LogP contribution in [0.4, 0.5) is 16.0 Å². The van der Waals surface area contributed by atoms with Crippen molar-refractivity contribution in [2.24, 2.45) is 0 Å². The summed E-state index contributed by atoms with van der Waals surface area (Å²) in [5, 5.41) is 4.59. The average molecular weight is 376 g/mol. The Labute approximate surface area is 155 Å². The molecule has 0 saturated carbocycles. The summed E-state index contributed by atoms with van der Waals surface area (Å²) >= 11 is 6.14. The molecular formula is C18H19ClFN5O. The van der Waals surface area contributed by atoms with E-state index in [1.165, 1.54) is 18.2 Å². The Morgan fingerprint density at radius 3 is 2.73 bits per heavy atom. The summed E-state index contributed by atoms with van der Waals surface area (Å²) in [6.45, 7) is 6.75. The number of fused-ring (bicyclic) bond motifs is 1. The van der Waals surface area contributed by atoms with Gasteiger partial charge in [0.25, 0.3) is 5.91 Å². The van der Waals surface area contributed by atoms with Gasteiger partial charge in [0.15, 0.2) is 23.1 Å². The van der Waals surface area contributed by atoms with E-state index < -0.39 is 11.7 Å². The number of pyridine rings is 1. The van der Waals surface area contributed by atoms with Crippen LogP contribution in [0.15, 0.2) is 41.5 Å². The molecule has 2 N–H and O–H groups in total. The van der Waals surface area contributed by atoms with E-state index in [4.69, 9.17) is 17.3 Å². The fourth-order valence-corrected chi connectivity index (χ4v) is 3.11. The molecule has 26 heavy (non-hydrogen) atoms. The normalized spacial score (nSPS) is 15.7. The van der Waals surface area contributed by atoms with E-state index in [1.54, 1.807) is 13.0 Å². The van der Waals surface area contributed by atoms with Gasteiger partial charge in [-0.15, -0.1) is 5.10 Å². The average Bonchev–Trinajstić information content (AvgIpc) is 3.26. The Morgan fingerprint density at radius 2 is 2.12 bits per heavy atom. The van der Waals surface area contributed by atoms with Crippen molar-refractivity contribution < 1.29 is 9.18 Å². The zero-order valence-corrected chi connectivity index (χ0v) is 15.1. The van der Waals surface area contributed by atoms with Crippen molar-refractivity contribution in [3.63, 3.8) is 0 Å². The molecule has 1 saturated heterocycles. The summed E-state index contributed by atoms with van der Waals surface area (Å²) in [7, 11) is 0. The minimum atomic E-state index is -0.513. The number of aromatic nitrogens is 3. The Kier molecular flexibility index (Phi) is 5.08. The lowest BCUT2D eigenvalue weighted by molar-refractivity contribution is 0.0949. The van der Waals surface area contributed by atoms with Crippen molar-refractivity contribution >= 4 is 40.2 Å². The zero-order valence-electron chi connectivity index (χ0n) is 14.4. The molecule has 0 spiro atoms. The fraction of sp³-hybridized carbons (Fsp3) is 0.278. The Bertz CT molecular complexity index is 941. The molecule has 1 fully saturated rings. The van der Waals surface area contributed by atoms with Gasteiger partial charge in [0, 0.05) is 18.1 Å². The molecule has 6 nitrogen and oxygen atoms in total. The van der Waals surface area contributed by atoms with Gasteiger partial charge in [-0.3, -0.25) is 4.79 Å². The molecule has 2 aromatic heterocycles. The number of nitrogens with two attached hydrogens (primary N) is 1. The molecule has 0 bridgehead atoms. The SMILES string of the molecule is C=C/C=C(C(=O)n1nc(N)c2cc(F)c(N3CCCC3)nc21)\C(Cl)=C/C. The molecule has 0 aromatic carbocycles. The molecule has 0 radical (unpaired) electrons. The van der Waals surface area contributed by atoms with Crippen molar-refractivity contribution in [2.75, 3.05) is 23.7 Å². The first-order valence-electron chi connectivity index (χ1n) is 8.27. The van der Waals surface area contributed by atoms with Crippen LogP contribution in [-0.4, -0.2) is 33.8 Å².